The number of nitrogens with one attached hydrogen (secondary N) is 2. The highest BCUT2D eigenvalue weighted by Crippen LogP contribution is 2.35. The Kier molecular flexibility index (Phi) is 9.38. The van der Waals surface area contributed by atoms with Crippen LogP contribution in [0.2, 0.25) is 0 Å². The van der Waals surface area contributed by atoms with Crippen molar-refractivity contribution in [1.29, 1.82) is 0 Å². The highest BCUT2D eigenvalue weighted by atomic mass is 16.5. The van der Waals surface area contributed by atoms with E-state index in [0.29, 0.717) is 41.8 Å². The fourth-order valence-electron chi connectivity index (χ4n) is 4.74. The van der Waals surface area contributed by atoms with Gasteiger partial charge >= 0.3 is 6.03 Å². The van der Waals surface area contributed by atoms with Crippen LogP contribution in [0.15, 0.2) is 24.7 Å². The Labute approximate surface area is 219 Å². The molecule has 3 aromatic rings. The third kappa shape index (κ3) is 6.26. The van der Waals surface area contributed by atoms with Crippen molar-refractivity contribution in [3.8, 4) is 5.88 Å². The molecule has 2 aliphatic rings. The summed E-state index contributed by atoms with van der Waals surface area (Å²) in [5, 5.41) is 20.3. The minimum atomic E-state index is -0.258. The first-order valence-corrected chi connectivity index (χ1v) is 11.9. The predicted molar refractivity (Wildman–Crippen MR) is 140 cm³/mol. The van der Waals surface area contributed by atoms with Crippen molar-refractivity contribution in [2.75, 3.05) is 41.9 Å². The normalized spacial score (nSPS) is 17.9. The molecule has 3 aromatic heterocycles. The highest BCUT2D eigenvalue weighted by Gasteiger charge is 2.32. The lowest BCUT2D eigenvalue weighted by molar-refractivity contribution is -0.123. The Morgan fingerprint density at radius 2 is 1.82 bits per heavy atom. The number of aromatic nitrogens is 4. The lowest BCUT2D eigenvalue weighted by Crippen LogP contribution is -2.54. The van der Waals surface area contributed by atoms with Crippen molar-refractivity contribution in [2.45, 2.75) is 39.3 Å². The van der Waals surface area contributed by atoms with Crippen LogP contribution in [0.3, 0.4) is 0 Å². The molecule has 0 radical (unpaired) electrons. The number of fused-ring (bicyclic) bond motifs is 2. The highest BCUT2D eigenvalue weighted by molar-refractivity contribution is 6.03. The molecule has 0 unspecified atom stereocenters. The molecule has 4 N–H and O–H groups in total. The molecule has 5 heterocycles. The van der Waals surface area contributed by atoms with E-state index in [4.69, 9.17) is 24.5 Å². The van der Waals surface area contributed by atoms with Crippen LogP contribution < -0.4 is 25.2 Å². The van der Waals surface area contributed by atoms with Gasteiger partial charge < -0.3 is 30.5 Å². The zero-order valence-corrected chi connectivity index (χ0v) is 21.7. The fraction of sp³-hybridized carbons (Fsp3) is 0.417. The number of imidazole rings is 1. The summed E-state index contributed by atoms with van der Waals surface area (Å²) in [5.74, 6) is 1.56. The van der Waals surface area contributed by atoms with E-state index in [9.17, 15) is 4.79 Å². The Morgan fingerprint density at radius 3 is 2.45 bits per heavy atom. The molecule has 14 nitrogen and oxygen atoms in total. The summed E-state index contributed by atoms with van der Waals surface area (Å²) in [4.78, 5) is 47.3. The van der Waals surface area contributed by atoms with Crippen LogP contribution in [-0.4, -0.2) is 87.4 Å². The number of anilines is 3. The van der Waals surface area contributed by atoms with Gasteiger partial charge in [0.15, 0.2) is 0 Å². The zero-order chi connectivity index (χ0) is 27.8. The molecule has 2 atom stereocenters. The molecule has 1 saturated heterocycles. The Morgan fingerprint density at radius 1 is 1.16 bits per heavy atom. The number of amides is 2. The fourth-order valence-corrected chi connectivity index (χ4v) is 4.74. The maximum absolute atomic E-state index is 13.2. The van der Waals surface area contributed by atoms with E-state index in [1.54, 1.807) is 21.7 Å². The van der Waals surface area contributed by atoms with Crippen molar-refractivity contribution >= 4 is 41.9 Å². The summed E-state index contributed by atoms with van der Waals surface area (Å²) in [6, 6.07) is 2.62. The van der Waals surface area contributed by atoms with E-state index in [1.807, 2.05) is 13.1 Å². The first kappa shape index (κ1) is 28.1. The monoisotopic (exact) mass is 528 g/mol. The van der Waals surface area contributed by atoms with Gasteiger partial charge in [-0.2, -0.15) is 4.98 Å². The molecule has 0 aromatic carbocycles. The number of rotatable bonds is 3. The van der Waals surface area contributed by atoms with Crippen LogP contribution in [0, 0.1) is 6.92 Å². The predicted octanol–water partition coefficient (Wildman–Crippen LogP) is 1.62. The van der Waals surface area contributed by atoms with E-state index in [2.05, 4.69) is 50.4 Å². The maximum Gasteiger partial charge on any atom is 0.327 e. The molecule has 2 amide bonds. The Hall–Kier alpha value is -4.46. The number of urea groups is 1. The van der Waals surface area contributed by atoms with Crippen molar-refractivity contribution < 1.29 is 29.3 Å². The van der Waals surface area contributed by atoms with Crippen LogP contribution in [0.25, 0.3) is 5.78 Å². The molecule has 0 bridgehead atoms. The molecule has 204 valence electrons. The Balaban J connectivity index is 0.000000611. The summed E-state index contributed by atoms with van der Waals surface area (Å²) < 4.78 is 7.16. The molecule has 0 spiro atoms. The number of hydrogen-bond acceptors (Lipinski definition) is 9. The smallest absolute Gasteiger partial charge is 0.327 e. The van der Waals surface area contributed by atoms with Gasteiger partial charge in [0.1, 0.15) is 11.5 Å². The van der Waals surface area contributed by atoms with Crippen LogP contribution in [-0.2, 0) is 16.0 Å². The molecular formula is C24H32N8O6. The maximum atomic E-state index is 13.2. The van der Waals surface area contributed by atoms with Crippen LogP contribution in [0.1, 0.15) is 25.1 Å². The summed E-state index contributed by atoms with van der Waals surface area (Å²) in [5.41, 5.74) is 3.61. The average Bonchev–Trinajstić information content (AvgIpc) is 3.46. The van der Waals surface area contributed by atoms with E-state index in [1.165, 1.54) is 12.8 Å². The lowest BCUT2D eigenvalue weighted by atomic mass is 10.1. The summed E-state index contributed by atoms with van der Waals surface area (Å²) >= 11 is 0. The number of methoxy groups -OCH3 is 1. The van der Waals surface area contributed by atoms with Crippen molar-refractivity contribution in [1.82, 2.24) is 24.7 Å². The van der Waals surface area contributed by atoms with Crippen molar-refractivity contribution in [2.24, 2.45) is 0 Å². The standard InChI is InChI=1S/C22H28N8O2.2CH2O2/c1-13-9-28(10-14(2)24-13)18-5-7-23-19-16(18)6-8-30(19)22(31)26-17-12-29-11-15(3)25-21(29)27-20(17)32-4;2*2-1-3/h5,7,11-14,24H,6,8-10H2,1-4H3,(H,26,31);2*1H,(H,2,3)/t13-,14+;;. The lowest BCUT2D eigenvalue weighted by Gasteiger charge is -2.38. The molecule has 5 rings (SSSR count). The van der Waals surface area contributed by atoms with Crippen LogP contribution in [0.5, 0.6) is 5.88 Å². The average molecular weight is 529 g/mol. The SMILES string of the molecule is COc1nc2nc(C)cn2cc1NC(=O)N1CCc2c(N3C[C@@H](C)N[C@@H](C)C3)ccnc21.O=CO.O=CO. The first-order chi connectivity index (χ1) is 18.3. The molecule has 2 aliphatic heterocycles. The van der Waals surface area contributed by atoms with E-state index in [-0.39, 0.29) is 19.0 Å². The second-order valence-corrected chi connectivity index (χ2v) is 8.80. The van der Waals surface area contributed by atoms with Crippen molar-refractivity contribution in [3.05, 3.63) is 35.9 Å². The molecule has 0 saturated carbocycles. The van der Waals surface area contributed by atoms with Gasteiger partial charge in [-0.25, -0.2) is 14.8 Å². The number of carbonyl (C=O) groups excluding carboxylic acids is 1. The topological polar surface area (TPSA) is 175 Å². The molecular weight excluding hydrogens is 496 g/mol. The quantitative estimate of drug-likeness (QED) is 0.364. The number of aryl methyl sites for hydroxylation is 1. The second-order valence-electron chi connectivity index (χ2n) is 8.80. The number of ether oxygens (including phenoxy) is 1. The minimum absolute atomic E-state index is 0.250. The van der Waals surface area contributed by atoms with E-state index in [0.717, 1.165) is 30.8 Å². The van der Waals surface area contributed by atoms with Gasteiger partial charge in [0.05, 0.1) is 12.8 Å². The van der Waals surface area contributed by atoms with Gasteiger partial charge in [0, 0.05) is 61.6 Å². The molecule has 0 aliphatic carbocycles. The van der Waals surface area contributed by atoms with Gasteiger partial charge in [-0.3, -0.25) is 18.9 Å². The zero-order valence-electron chi connectivity index (χ0n) is 21.7. The van der Waals surface area contributed by atoms with Crippen LogP contribution >= 0.6 is 0 Å². The number of piperazine rings is 1. The van der Waals surface area contributed by atoms with Gasteiger partial charge in [-0.15, -0.1) is 0 Å². The molecule has 14 heteroatoms. The minimum Gasteiger partial charge on any atom is -0.483 e. The number of carbonyl (C=O) groups is 3. The second kappa shape index (κ2) is 12.7. The third-order valence-electron chi connectivity index (χ3n) is 5.96. The summed E-state index contributed by atoms with van der Waals surface area (Å²) in [6.45, 7) is 8.22. The van der Waals surface area contributed by atoms with Gasteiger partial charge in [0.25, 0.3) is 12.9 Å². The third-order valence-corrected chi connectivity index (χ3v) is 5.96. The van der Waals surface area contributed by atoms with E-state index < -0.39 is 0 Å². The number of pyridine rings is 1. The van der Waals surface area contributed by atoms with Gasteiger partial charge in [-0.1, -0.05) is 0 Å². The number of carboxylic acid groups (broad SMARTS) is 2. The first-order valence-electron chi connectivity index (χ1n) is 11.9. The summed E-state index contributed by atoms with van der Waals surface area (Å²) in [7, 11) is 1.53. The number of nitrogens with zero attached hydrogens (tertiary/aromatic N) is 6. The van der Waals surface area contributed by atoms with E-state index >= 15 is 0 Å². The van der Waals surface area contributed by atoms with Gasteiger partial charge in [-0.05, 0) is 33.3 Å². The van der Waals surface area contributed by atoms with Crippen molar-refractivity contribution in [3.63, 3.8) is 0 Å². The van der Waals surface area contributed by atoms with Crippen LogP contribution in [0.4, 0.5) is 22.0 Å². The largest absolute Gasteiger partial charge is 0.483 e. The summed E-state index contributed by atoms with van der Waals surface area (Å²) in [6.07, 6.45) is 6.18. The number of hydrogen-bond donors (Lipinski definition) is 4. The van der Waals surface area contributed by atoms with Gasteiger partial charge in [0.2, 0.25) is 11.7 Å². The molecule has 1 fully saturated rings. The molecule has 38 heavy (non-hydrogen) atoms. The Bertz CT molecular complexity index is 1270.